The molecule has 0 spiro atoms. The number of unbranched alkanes of at least 4 members (excludes halogenated alkanes) is 1. The summed E-state index contributed by atoms with van der Waals surface area (Å²) in [5.41, 5.74) is 1.61. The third-order valence-corrected chi connectivity index (χ3v) is 4.05. The Morgan fingerprint density at radius 3 is 2.50 bits per heavy atom. The molecule has 5 nitrogen and oxygen atoms in total. The van der Waals surface area contributed by atoms with E-state index >= 15 is 0 Å². The molecule has 0 aromatic heterocycles. The second-order valence-electron chi connectivity index (χ2n) is 5.89. The van der Waals surface area contributed by atoms with Crippen LogP contribution in [0.3, 0.4) is 0 Å². The molecule has 0 radical (unpaired) electrons. The third-order valence-electron chi connectivity index (χ3n) is 4.05. The summed E-state index contributed by atoms with van der Waals surface area (Å²) in [6.45, 7) is 3.27. The van der Waals surface area contributed by atoms with Gasteiger partial charge in [0, 0.05) is 12.1 Å². The largest absolute Gasteiger partial charge is 0.496 e. The van der Waals surface area contributed by atoms with Crippen molar-refractivity contribution in [1.29, 1.82) is 0 Å². The van der Waals surface area contributed by atoms with E-state index in [0.717, 1.165) is 24.2 Å². The summed E-state index contributed by atoms with van der Waals surface area (Å²) < 4.78 is 16.4. The van der Waals surface area contributed by atoms with Gasteiger partial charge in [0.05, 0.1) is 20.8 Å². The smallest absolute Gasteiger partial charge is 0.251 e. The van der Waals surface area contributed by atoms with Gasteiger partial charge < -0.3 is 19.5 Å². The second-order valence-corrected chi connectivity index (χ2v) is 5.89. The van der Waals surface area contributed by atoms with Gasteiger partial charge in [0.1, 0.15) is 5.75 Å². The number of hydrogen-bond donors (Lipinski definition) is 1. The lowest BCUT2D eigenvalue weighted by Crippen LogP contribution is -2.25. The molecule has 140 valence electrons. The lowest BCUT2D eigenvalue weighted by atomic mass is 10.1. The van der Waals surface area contributed by atoms with Crippen molar-refractivity contribution in [2.45, 2.75) is 26.2 Å². The quantitative estimate of drug-likeness (QED) is 0.656. The monoisotopic (exact) mass is 357 g/mol. The zero-order valence-corrected chi connectivity index (χ0v) is 15.7. The fraction of sp³-hybridized carbons (Fsp3) is 0.381. The van der Waals surface area contributed by atoms with Crippen LogP contribution in [0.1, 0.15) is 35.7 Å². The van der Waals surface area contributed by atoms with Crippen LogP contribution in [0.2, 0.25) is 0 Å². The molecule has 0 fully saturated rings. The molecular weight excluding hydrogens is 330 g/mol. The number of hydrogen-bond acceptors (Lipinski definition) is 4. The summed E-state index contributed by atoms with van der Waals surface area (Å²) in [7, 11) is 3.22. The van der Waals surface area contributed by atoms with Crippen LogP contribution in [0.5, 0.6) is 17.2 Å². The van der Waals surface area contributed by atoms with Gasteiger partial charge in [-0.05, 0) is 42.7 Å². The second kappa shape index (κ2) is 10.3. The van der Waals surface area contributed by atoms with Gasteiger partial charge in [-0.3, -0.25) is 4.79 Å². The van der Waals surface area contributed by atoms with Gasteiger partial charge in [0.25, 0.3) is 5.91 Å². The van der Waals surface area contributed by atoms with Crippen LogP contribution in [0.4, 0.5) is 0 Å². The number of carbonyl (C=O) groups excluding carboxylic acids is 1. The first-order valence-electron chi connectivity index (χ1n) is 8.90. The highest BCUT2D eigenvalue weighted by molar-refractivity contribution is 5.94. The van der Waals surface area contributed by atoms with Crippen LogP contribution in [0.25, 0.3) is 0 Å². The van der Waals surface area contributed by atoms with Crippen molar-refractivity contribution in [1.82, 2.24) is 5.32 Å². The standard InChI is InChI=1S/C21H27NO4/c1-4-5-14-26-19-11-10-17(15-20(19)25-3)21(23)22-13-12-16-8-6-7-9-18(16)24-2/h6-11,15H,4-5,12-14H2,1-3H3,(H,22,23). The highest BCUT2D eigenvalue weighted by atomic mass is 16.5. The molecule has 0 bridgehead atoms. The van der Waals surface area contributed by atoms with Gasteiger partial charge in [-0.15, -0.1) is 0 Å². The number of nitrogens with one attached hydrogen (secondary N) is 1. The molecule has 2 aromatic carbocycles. The first-order valence-corrected chi connectivity index (χ1v) is 8.90. The summed E-state index contributed by atoms with van der Waals surface area (Å²) >= 11 is 0. The first kappa shape index (κ1) is 19.6. The Labute approximate surface area is 155 Å². The van der Waals surface area contributed by atoms with E-state index in [0.29, 0.717) is 36.6 Å². The number of para-hydroxylation sites is 1. The lowest BCUT2D eigenvalue weighted by Gasteiger charge is -2.12. The summed E-state index contributed by atoms with van der Waals surface area (Å²) in [4.78, 5) is 12.4. The molecule has 0 aliphatic heterocycles. The van der Waals surface area contributed by atoms with Gasteiger partial charge in [0.2, 0.25) is 0 Å². The summed E-state index contributed by atoms with van der Waals surface area (Å²) in [6, 6.07) is 13.0. The van der Waals surface area contributed by atoms with E-state index in [9.17, 15) is 4.79 Å². The molecule has 5 heteroatoms. The zero-order chi connectivity index (χ0) is 18.8. The average molecular weight is 357 g/mol. The minimum atomic E-state index is -0.140. The van der Waals surface area contributed by atoms with E-state index in [-0.39, 0.29) is 5.91 Å². The maximum Gasteiger partial charge on any atom is 0.251 e. The van der Waals surface area contributed by atoms with Crippen LogP contribution in [-0.2, 0) is 6.42 Å². The van der Waals surface area contributed by atoms with Crippen molar-refractivity contribution in [3.63, 3.8) is 0 Å². The number of benzene rings is 2. The van der Waals surface area contributed by atoms with Crippen LogP contribution < -0.4 is 19.5 Å². The molecule has 0 aliphatic rings. The average Bonchev–Trinajstić information content (AvgIpc) is 2.68. The number of amides is 1. The van der Waals surface area contributed by atoms with Crippen LogP contribution in [-0.4, -0.2) is 33.3 Å². The van der Waals surface area contributed by atoms with Gasteiger partial charge in [0.15, 0.2) is 11.5 Å². The topological polar surface area (TPSA) is 56.8 Å². The Kier molecular flexibility index (Phi) is 7.80. The SMILES string of the molecule is CCCCOc1ccc(C(=O)NCCc2ccccc2OC)cc1OC. The molecule has 0 saturated heterocycles. The van der Waals surface area contributed by atoms with E-state index in [2.05, 4.69) is 12.2 Å². The lowest BCUT2D eigenvalue weighted by molar-refractivity contribution is 0.0953. The highest BCUT2D eigenvalue weighted by Crippen LogP contribution is 2.28. The van der Waals surface area contributed by atoms with E-state index in [1.165, 1.54) is 0 Å². The molecule has 2 aromatic rings. The van der Waals surface area contributed by atoms with Gasteiger partial charge in [-0.2, -0.15) is 0 Å². The summed E-state index contributed by atoms with van der Waals surface area (Å²) in [6.07, 6.45) is 2.74. The Bertz CT molecular complexity index is 715. The van der Waals surface area contributed by atoms with Crippen LogP contribution >= 0.6 is 0 Å². The highest BCUT2D eigenvalue weighted by Gasteiger charge is 2.11. The van der Waals surface area contributed by atoms with Crippen molar-refractivity contribution < 1.29 is 19.0 Å². The van der Waals surface area contributed by atoms with E-state index in [1.807, 2.05) is 24.3 Å². The molecule has 0 aliphatic carbocycles. The predicted molar refractivity (Wildman–Crippen MR) is 102 cm³/mol. The predicted octanol–water partition coefficient (Wildman–Crippen LogP) is 3.86. The van der Waals surface area contributed by atoms with Gasteiger partial charge >= 0.3 is 0 Å². The Morgan fingerprint density at radius 1 is 1.00 bits per heavy atom. The fourth-order valence-corrected chi connectivity index (χ4v) is 2.58. The molecular formula is C21H27NO4. The fourth-order valence-electron chi connectivity index (χ4n) is 2.58. The summed E-state index contributed by atoms with van der Waals surface area (Å²) in [5, 5.41) is 2.93. The number of ether oxygens (including phenoxy) is 3. The zero-order valence-electron chi connectivity index (χ0n) is 15.7. The Morgan fingerprint density at radius 2 is 1.77 bits per heavy atom. The number of rotatable bonds is 10. The molecule has 1 amide bonds. The van der Waals surface area contributed by atoms with Crippen LogP contribution in [0.15, 0.2) is 42.5 Å². The molecule has 0 heterocycles. The number of methoxy groups -OCH3 is 2. The molecule has 0 unspecified atom stereocenters. The number of carbonyl (C=O) groups is 1. The Hall–Kier alpha value is -2.69. The van der Waals surface area contributed by atoms with Crippen molar-refractivity contribution >= 4 is 5.91 Å². The van der Waals surface area contributed by atoms with Gasteiger partial charge in [-0.1, -0.05) is 31.5 Å². The normalized spacial score (nSPS) is 10.3. The Balaban J connectivity index is 1.94. The summed E-state index contributed by atoms with van der Waals surface area (Å²) in [5.74, 6) is 1.92. The first-order chi connectivity index (χ1) is 12.7. The molecule has 0 saturated carbocycles. The van der Waals surface area contributed by atoms with E-state index in [1.54, 1.807) is 32.4 Å². The molecule has 2 rings (SSSR count). The van der Waals surface area contributed by atoms with Crippen molar-refractivity contribution in [3.8, 4) is 17.2 Å². The molecule has 0 atom stereocenters. The minimum absolute atomic E-state index is 0.140. The van der Waals surface area contributed by atoms with Crippen molar-refractivity contribution in [2.75, 3.05) is 27.4 Å². The maximum absolute atomic E-state index is 12.4. The van der Waals surface area contributed by atoms with Crippen molar-refractivity contribution in [2.24, 2.45) is 0 Å². The molecule has 1 N–H and O–H groups in total. The van der Waals surface area contributed by atoms with E-state index in [4.69, 9.17) is 14.2 Å². The van der Waals surface area contributed by atoms with Crippen molar-refractivity contribution in [3.05, 3.63) is 53.6 Å². The maximum atomic E-state index is 12.4. The van der Waals surface area contributed by atoms with E-state index < -0.39 is 0 Å². The molecule has 26 heavy (non-hydrogen) atoms. The van der Waals surface area contributed by atoms with Crippen LogP contribution in [0, 0.1) is 0 Å². The third kappa shape index (κ3) is 5.41. The minimum Gasteiger partial charge on any atom is -0.496 e. The van der Waals surface area contributed by atoms with Gasteiger partial charge in [-0.25, -0.2) is 0 Å².